The highest BCUT2D eigenvalue weighted by molar-refractivity contribution is 5.28. The zero-order valence-electron chi connectivity index (χ0n) is 8.82. The topological polar surface area (TPSA) is 58.3 Å². The average Bonchev–Trinajstić information content (AvgIpc) is 2.30. The van der Waals surface area contributed by atoms with Crippen LogP contribution in [-0.2, 0) is 0 Å². The first-order valence-electron chi connectivity index (χ1n) is 5.53. The number of hydrogen-bond donors (Lipinski definition) is 3. The van der Waals surface area contributed by atoms with Gasteiger partial charge >= 0.3 is 0 Å². The second kappa shape index (κ2) is 4.64. The lowest BCUT2D eigenvalue weighted by Crippen LogP contribution is -2.37. The molecule has 2 atom stereocenters. The van der Waals surface area contributed by atoms with Gasteiger partial charge in [-0.05, 0) is 49.5 Å². The van der Waals surface area contributed by atoms with E-state index in [2.05, 4.69) is 5.32 Å². The standard InChI is InChI=1S/C12H18N2O/c13-8-10-2-1-7-14-12(10)9-3-5-11(15)6-4-9/h3-6,10,12,14-15H,1-2,7-8,13H2/t10-,12-/m1/s1. The molecule has 0 spiro atoms. The van der Waals surface area contributed by atoms with Crippen LogP contribution < -0.4 is 11.1 Å². The van der Waals surface area contributed by atoms with E-state index < -0.39 is 0 Å². The summed E-state index contributed by atoms with van der Waals surface area (Å²) in [5, 5.41) is 12.7. The Hall–Kier alpha value is -1.06. The molecule has 0 aromatic heterocycles. The van der Waals surface area contributed by atoms with Gasteiger partial charge in [0.25, 0.3) is 0 Å². The zero-order chi connectivity index (χ0) is 10.7. The Labute approximate surface area is 90.3 Å². The molecule has 1 saturated heterocycles. The van der Waals surface area contributed by atoms with Gasteiger partial charge < -0.3 is 16.2 Å². The van der Waals surface area contributed by atoms with Crippen LogP contribution in [0.3, 0.4) is 0 Å². The number of aromatic hydroxyl groups is 1. The van der Waals surface area contributed by atoms with Crippen LogP contribution in [0.2, 0.25) is 0 Å². The first kappa shape index (κ1) is 10.5. The molecule has 3 nitrogen and oxygen atoms in total. The molecule has 1 aliphatic rings. The minimum Gasteiger partial charge on any atom is -0.508 e. The maximum atomic E-state index is 9.23. The van der Waals surface area contributed by atoms with Crippen LogP contribution in [-0.4, -0.2) is 18.2 Å². The Morgan fingerprint density at radius 1 is 1.33 bits per heavy atom. The minimum absolute atomic E-state index is 0.318. The van der Waals surface area contributed by atoms with Crippen molar-refractivity contribution in [1.29, 1.82) is 0 Å². The second-order valence-corrected chi connectivity index (χ2v) is 4.16. The van der Waals surface area contributed by atoms with Gasteiger partial charge in [-0.25, -0.2) is 0 Å². The summed E-state index contributed by atoms with van der Waals surface area (Å²) in [5.74, 6) is 0.835. The fraction of sp³-hybridized carbons (Fsp3) is 0.500. The third-order valence-electron chi connectivity index (χ3n) is 3.14. The van der Waals surface area contributed by atoms with Crippen LogP contribution in [0.15, 0.2) is 24.3 Å². The number of nitrogens with one attached hydrogen (secondary N) is 1. The van der Waals surface area contributed by atoms with Gasteiger partial charge in [-0.15, -0.1) is 0 Å². The van der Waals surface area contributed by atoms with Crippen LogP contribution in [0.5, 0.6) is 5.75 Å². The van der Waals surface area contributed by atoms with E-state index in [9.17, 15) is 5.11 Å². The van der Waals surface area contributed by atoms with E-state index in [0.717, 1.165) is 13.1 Å². The van der Waals surface area contributed by atoms with Crippen molar-refractivity contribution < 1.29 is 5.11 Å². The highest BCUT2D eigenvalue weighted by atomic mass is 16.3. The van der Waals surface area contributed by atoms with Crippen molar-refractivity contribution in [2.45, 2.75) is 18.9 Å². The number of nitrogens with two attached hydrogens (primary N) is 1. The van der Waals surface area contributed by atoms with E-state index in [-0.39, 0.29) is 0 Å². The van der Waals surface area contributed by atoms with Gasteiger partial charge in [-0.3, -0.25) is 0 Å². The second-order valence-electron chi connectivity index (χ2n) is 4.16. The van der Waals surface area contributed by atoms with Crippen molar-refractivity contribution in [2.24, 2.45) is 11.7 Å². The number of phenolic OH excluding ortho intramolecular Hbond substituents is 1. The van der Waals surface area contributed by atoms with E-state index in [1.165, 1.54) is 18.4 Å². The van der Waals surface area contributed by atoms with Crippen molar-refractivity contribution in [2.75, 3.05) is 13.1 Å². The largest absolute Gasteiger partial charge is 0.508 e. The third kappa shape index (κ3) is 2.30. The molecule has 4 N–H and O–H groups in total. The molecule has 0 unspecified atom stereocenters. The van der Waals surface area contributed by atoms with Crippen LogP contribution in [0.25, 0.3) is 0 Å². The summed E-state index contributed by atoms with van der Waals surface area (Å²) in [6.07, 6.45) is 2.39. The Morgan fingerprint density at radius 2 is 2.07 bits per heavy atom. The summed E-state index contributed by atoms with van der Waals surface area (Å²) in [7, 11) is 0. The molecule has 0 saturated carbocycles. The molecular weight excluding hydrogens is 188 g/mol. The van der Waals surface area contributed by atoms with Crippen molar-refractivity contribution in [1.82, 2.24) is 5.32 Å². The molecule has 0 amide bonds. The van der Waals surface area contributed by atoms with E-state index >= 15 is 0 Å². The smallest absolute Gasteiger partial charge is 0.115 e. The van der Waals surface area contributed by atoms with Gasteiger partial charge in [0.1, 0.15) is 5.75 Å². The number of benzene rings is 1. The number of rotatable bonds is 2. The molecule has 0 radical (unpaired) electrons. The Balaban J connectivity index is 2.16. The summed E-state index contributed by atoms with van der Waals surface area (Å²) in [5.41, 5.74) is 7.00. The summed E-state index contributed by atoms with van der Waals surface area (Å²) >= 11 is 0. The van der Waals surface area contributed by atoms with Crippen LogP contribution in [0, 0.1) is 5.92 Å². The predicted molar refractivity (Wildman–Crippen MR) is 60.6 cm³/mol. The van der Waals surface area contributed by atoms with Gasteiger partial charge in [-0.2, -0.15) is 0 Å². The van der Waals surface area contributed by atoms with Crippen LogP contribution in [0.1, 0.15) is 24.4 Å². The first-order valence-corrected chi connectivity index (χ1v) is 5.53. The monoisotopic (exact) mass is 206 g/mol. The Bertz CT molecular complexity index is 310. The molecule has 15 heavy (non-hydrogen) atoms. The summed E-state index contributed by atoms with van der Waals surface area (Å²) in [4.78, 5) is 0. The normalized spacial score (nSPS) is 26.5. The summed E-state index contributed by atoms with van der Waals surface area (Å²) in [6.45, 7) is 1.78. The van der Waals surface area contributed by atoms with E-state index in [1.807, 2.05) is 12.1 Å². The molecule has 0 aliphatic carbocycles. The predicted octanol–water partition coefficient (Wildman–Crippen LogP) is 1.39. The van der Waals surface area contributed by atoms with Crippen molar-refractivity contribution >= 4 is 0 Å². The maximum absolute atomic E-state index is 9.23. The molecular formula is C12H18N2O. The van der Waals surface area contributed by atoms with Crippen molar-refractivity contribution in [3.63, 3.8) is 0 Å². The molecule has 2 rings (SSSR count). The number of phenols is 1. The lowest BCUT2D eigenvalue weighted by atomic mass is 9.86. The third-order valence-corrected chi connectivity index (χ3v) is 3.14. The maximum Gasteiger partial charge on any atom is 0.115 e. The Morgan fingerprint density at radius 3 is 2.73 bits per heavy atom. The SMILES string of the molecule is NC[C@H]1CCCN[C@@H]1c1ccc(O)cc1. The minimum atomic E-state index is 0.318. The van der Waals surface area contributed by atoms with Crippen LogP contribution in [0.4, 0.5) is 0 Å². The van der Waals surface area contributed by atoms with Gasteiger partial charge in [0.15, 0.2) is 0 Å². The first-order chi connectivity index (χ1) is 7.31. The molecule has 1 heterocycles. The fourth-order valence-corrected chi connectivity index (χ4v) is 2.28. The van der Waals surface area contributed by atoms with E-state index in [1.54, 1.807) is 12.1 Å². The highest BCUT2D eigenvalue weighted by Gasteiger charge is 2.24. The van der Waals surface area contributed by atoms with Gasteiger partial charge in [0.2, 0.25) is 0 Å². The Kier molecular flexibility index (Phi) is 3.23. The van der Waals surface area contributed by atoms with Crippen LogP contribution >= 0.6 is 0 Å². The molecule has 0 bridgehead atoms. The van der Waals surface area contributed by atoms with Gasteiger partial charge in [0.05, 0.1) is 0 Å². The molecule has 1 aromatic carbocycles. The zero-order valence-corrected chi connectivity index (χ0v) is 8.82. The van der Waals surface area contributed by atoms with Crippen molar-refractivity contribution in [3.05, 3.63) is 29.8 Å². The van der Waals surface area contributed by atoms with Gasteiger partial charge in [0, 0.05) is 6.04 Å². The van der Waals surface area contributed by atoms with Gasteiger partial charge in [-0.1, -0.05) is 12.1 Å². The quantitative estimate of drug-likeness (QED) is 0.685. The lowest BCUT2D eigenvalue weighted by molar-refractivity contribution is 0.291. The molecule has 1 aromatic rings. The molecule has 3 heteroatoms. The number of piperidine rings is 1. The van der Waals surface area contributed by atoms with E-state index in [0.29, 0.717) is 17.7 Å². The van der Waals surface area contributed by atoms with E-state index in [4.69, 9.17) is 5.73 Å². The van der Waals surface area contributed by atoms with Crippen molar-refractivity contribution in [3.8, 4) is 5.75 Å². The number of hydrogen-bond acceptors (Lipinski definition) is 3. The average molecular weight is 206 g/mol. The fourth-order valence-electron chi connectivity index (χ4n) is 2.28. The molecule has 82 valence electrons. The highest BCUT2D eigenvalue weighted by Crippen LogP contribution is 2.29. The lowest BCUT2D eigenvalue weighted by Gasteiger charge is -2.32. The summed E-state index contributed by atoms with van der Waals surface area (Å²) in [6, 6.07) is 7.77. The molecule has 1 fully saturated rings. The summed E-state index contributed by atoms with van der Waals surface area (Å²) < 4.78 is 0. The molecule has 1 aliphatic heterocycles.